The van der Waals surface area contributed by atoms with E-state index in [0.717, 1.165) is 5.75 Å². The Labute approximate surface area is 132 Å². The van der Waals surface area contributed by atoms with Crippen molar-refractivity contribution in [3.05, 3.63) is 0 Å². The summed E-state index contributed by atoms with van der Waals surface area (Å²) < 4.78 is 0.674. The van der Waals surface area contributed by atoms with Gasteiger partial charge in [0.05, 0.1) is 0 Å². The summed E-state index contributed by atoms with van der Waals surface area (Å²) in [6.45, 7) is 2.26. The van der Waals surface area contributed by atoms with Crippen molar-refractivity contribution in [3.8, 4) is 0 Å². The van der Waals surface area contributed by atoms with E-state index < -0.39 is 0 Å². The number of hydrogen-bond donors (Lipinski definition) is 0. The largest absolute Gasteiger partial charge is 1.00 e. The summed E-state index contributed by atoms with van der Waals surface area (Å²) in [5.41, 5.74) is 0. The van der Waals surface area contributed by atoms with Crippen LogP contribution in [0.4, 0.5) is 0 Å². The molecule has 0 heterocycles. The Kier molecular flexibility index (Phi) is 19.8. The molecule has 0 aromatic carbocycles. The summed E-state index contributed by atoms with van der Waals surface area (Å²) >= 11 is 11.3. The summed E-state index contributed by atoms with van der Waals surface area (Å²) in [5, 5.41) is 0. The van der Waals surface area contributed by atoms with Gasteiger partial charge >= 0.3 is 29.6 Å². The van der Waals surface area contributed by atoms with Crippen LogP contribution in [0.3, 0.4) is 0 Å². The maximum Gasteiger partial charge on any atom is 1.00 e. The van der Waals surface area contributed by atoms with Gasteiger partial charge in [-0.25, -0.2) is 0 Å². The Morgan fingerprint density at radius 1 is 1.00 bits per heavy atom. The standard InChI is InChI=1S/C11H22S3.Na/c1-2-3-4-5-6-7-8-9-10-14-11(12)13;/h2-10H2,1H3,(H,12,13);/q;+1/p-1. The fourth-order valence-corrected chi connectivity index (χ4v) is 2.41. The molecule has 0 spiro atoms. The molecule has 0 radical (unpaired) electrons. The van der Waals surface area contributed by atoms with E-state index in [2.05, 4.69) is 6.92 Å². The molecule has 0 unspecified atom stereocenters. The Balaban J connectivity index is 0. The van der Waals surface area contributed by atoms with Gasteiger partial charge in [0, 0.05) is 0 Å². The van der Waals surface area contributed by atoms with Crippen LogP contribution in [0.2, 0.25) is 0 Å². The first kappa shape index (κ1) is 19.0. The monoisotopic (exact) mass is 272 g/mol. The molecule has 4 heteroatoms. The second kappa shape index (κ2) is 15.7. The summed E-state index contributed by atoms with van der Waals surface area (Å²) in [4.78, 5) is 0. The summed E-state index contributed by atoms with van der Waals surface area (Å²) in [6.07, 6.45) is 11.0. The van der Waals surface area contributed by atoms with E-state index in [0.29, 0.717) is 3.53 Å². The van der Waals surface area contributed by atoms with Crippen LogP contribution in [0.5, 0.6) is 0 Å². The molecule has 0 aromatic heterocycles. The molecule has 0 saturated heterocycles. The SMILES string of the molecule is CCCCCCCCCCSC(=S)[S-].[Na+]. The molecular weight excluding hydrogens is 251 g/mol. The quantitative estimate of drug-likeness (QED) is 0.271. The zero-order valence-electron chi connectivity index (χ0n) is 10.1. The predicted molar refractivity (Wildman–Crippen MR) is 75.0 cm³/mol. The Morgan fingerprint density at radius 2 is 1.47 bits per heavy atom. The van der Waals surface area contributed by atoms with Crippen LogP contribution in [-0.4, -0.2) is 9.28 Å². The third kappa shape index (κ3) is 18.2. The van der Waals surface area contributed by atoms with Crippen molar-refractivity contribution < 1.29 is 29.6 Å². The summed E-state index contributed by atoms with van der Waals surface area (Å²) in [6, 6.07) is 0. The van der Waals surface area contributed by atoms with E-state index in [1.807, 2.05) is 0 Å². The molecule has 84 valence electrons. The number of hydrogen-bond acceptors (Lipinski definition) is 3. The number of thioether (sulfide) groups is 1. The molecular formula is C11H21NaS3. The van der Waals surface area contributed by atoms with Crippen molar-refractivity contribution >= 4 is 40.1 Å². The summed E-state index contributed by atoms with van der Waals surface area (Å²) in [5.74, 6) is 1.12. The van der Waals surface area contributed by atoms with E-state index in [1.165, 1.54) is 51.4 Å². The van der Waals surface area contributed by atoms with Gasteiger partial charge in [-0.15, -0.1) is 11.8 Å². The van der Waals surface area contributed by atoms with Crippen LogP contribution >= 0.6 is 24.0 Å². The van der Waals surface area contributed by atoms with Crippen molar-refractivity contribution in [1.29, 1.82) is 0 Å². The van der Waals surface area contributed by atoms with E-state index in [-0.39, 0.29) is 29.6 Å². The predicted octanol–water partition coefficient (Wildman–Crippen LogP) is 1.70. The molecule has 0 aliphatic heterocycles. The number of unbranched alkanes of at least 4 members (excludes halogenated alkanes) is 7. The fourth-order valence-electron chi connectivity index (χ4n) is 1.39. The number of thiocarbonyl (C=S) groups is 1. The maximum absolute atomic E-state index is 4.82. The molecule has 0 fully saturated rings. The van der Waals surface area contributed by atoms with Crippen LogP contribution in [0.15, 0.2) is 0 Å². The van der Waals surface area contributed by atoms with Crippen molar-refractivity contribution in [3.63, 3.8) is 0 Å². The Bertz CT molecular complexity index is 140. The molecule has 0 rings (SSSR count). The molecule has 15 heavy (non-hydrogen) atoms. The van der Waals surface area contributed by atoms with Crippen LogP contribution < -0.4 is 29.6 Å². The van der Waals surface area contributed by atoms with Gasteiger partial charge in [0.15, 0.2) is 0 Å². The summed E-state index contributed by atoms with van der Waals surface area (Å²) in [7, 11) is 0. The third-order valence-electron chi connectivity index (χ3n) is 2.22. The second-order valence-corrected chi connectivity index (χ2v) is 6.27. The minimum atomic E-state index is 0. The average Bonchev–Trinajstić information content (AvgIpc) is 2.15. The first-order chi connectivity index (χ1) is 6.77. The van der Waals surface area contributed by atoms with E-state index in [9.17, 15) is 0 Å². The zero-order valence-corrected chi connectivity index (χ0v) is 14.5. The molecule has 0 atom stereocenters. The molecule has 0 N–H and O–H groups in total. The van der Waals surface area contributed by atoms with Gasteiger partial charge in [0.25, 0.3) is 0 Å². The van der Waals surface area contributed by atoms with Crippen molar-refractivity contribution in [2.45, 2.75) is 58.3 Å². The molecule has 0 aromatic rings. The molecule has 0 saturated carbocycles. The van der Waals surface area contributed by atoms with Crippen molar-refractivity contribution in [1.82, 2.24) is 0 Å². The molecule has 0 nitrogen and oxygen atoms in total. The Morgan fingerprint density at radius 3 is 1.93 bits per heavy atom. The molecule has 0 aliphatic carbocycles. The maximum atomic E-state index is 4.82. The van der Waals surface area contributed by atoms with Crippen LogP contribution in [0.25, 0.3) is 0 Å². The average molecular weight is 272 g/mol. The topological polar surface area (TPSA) is 0 Å². The second-order valence-electron chi connectivity index (χ2n) is 3.57. The van der Waals surface area contributed by atoms with Crippen LogP contribution in [0, 0.1) is 0 Å². The van der Waals surface area contributed by atoms with Gasteiger partial charge in [-0.2, -0.15) is 0 Å². The smallest absolute Gasteiger partial charge is 0.422 e. The molecule has 0 aliphatic rings. The zero-order chi connectivity index (χ0) is 10.6. The third-order valence-corrected chi connectivity index (χ3v) is 3.65. The van der Waals surface area contributed by atoms with Gasteiger partial charge in [0.2, 0.25) is 0 Å². The normalized spacial score (nSPS) is 9.67. The first-order valence-corrected chi connectivity index (χ1v) is 7.41. The molecule has 0 bridgehead atoms. The van der Waals surface area contributed by atoms with Crippen molar-refractivity contribution in [2.24, 2.45) is 0 Å². The van der Waals surface area contributed by atoms with E-state index in [1.54, 1.807) is 11.8 Å². The van der Waals surface area contributed by atoms with Crippen LogP contribution in [0.1, 0.15) is 58.3 Å². The molecule has 0 amide bonds. The van der Waals surface area contributed by atoms with Gasteiger partial charge in [-0.1, -0.05) is 55.4 Å². The van der Waals surface area contributed by atoms with Crippen LogP contribution in [-0.2, 0) is 12.6 Å². The van der Waals surface area contributed by atoms with Gasteiger partial charge in [-0.3, -0.25) is 0 Å². The van der Waals surface area contributed by atoms with E-state index >= 15 is 0 Å². The fraction of sp³-hybridized carbons (Fsp3) is 0.909. The number of rotatable bonds is 9. The van der Waals surface area contributed by atoms with Gasteiger partial charge < -0.3 is 24.8 Å². The van der Waals surface area contributed by atoms with E-state index in [4.69, 9.17) is 24.8 Å². The Hall–Kier alpha value is 1.66. The van der Waals surface area contributed by atoms with Crippen molar-refractivity contribution in [2.75, 3.05) is 5.75 Å². The van der Waals surface area contributed by atoms with Gasteiger partial charge in [-0.05, 0) is 12.2 Å². The van der Waals surface area contributed by atoms with Gasteiger partial charge in [0.1, 0.15) is 0 Å². The minimum Gasteiger partial charge on any atom is -0.422 e. The first-order valence-electron chi connectivity index (χ1n) is 5.61. The minimum absolute atomic E-state index is 0.